The fourth-order valence-corrected chi connectivity index (χ4v) is 3.75. The Bertz CT molecular complexity index is 912. The maximum Gasteiger partial charge on any atom is 0.243 e. The summed E-state index contributed by atoms with van der Waals surface area (Å²) in [5.74, 6) is 0.890. The Kier molecular flexibility index (Phi) is 5.67. The Morgan fingerprint density at radius 3 is 2.52 bits per heavy atom. The minimum absolute atomic E-state index is 0.157. The van der Waals surface area contributed by atoms with Crippen LogP contribution in [0.1, 0.15) is 5.56 Å². The summed E-state index contributed by atoms with van der Waals surface area (Å²) in [6.45, 7) is 2.14. The van der Waals surface area contributed by atoms with Gasteiger partial charge in [-0.1, -0.05) is 29.8 Å². The van der Waals surface area contributed by atoms with E-state index in [1.807, 2.05) is 25.1 Å². The molecule has 0 aliphatic carbocycles. The van der Waals surface area contributed by atoms with Crippen LogP contribution in [0.4, 0.5) is 0 Å². The van der Waals surface area contributed by atoms with Crippen molar-refractivity contribution in [1.29, 1.82) is 0 Å². The highest BCUT2D eigenvalue weighted by atomic mass is 32.2. The topological polar surface area (TPSA) is 84.9 Å². The van der Waals surface area contributed by atoms with Gasteiger partial charge in [-0.3, -0.25) is 4.79 Å². The van der Waals surface area contributed by atoms with E-state index in [4.69, 9.17) is 9.47 Å². The molecule has 1 heterocycles. The predicted octanol–water partition coefficient (Wildman–Crippen LogP) is 1.57. The van der Waals surface area contributed by atoms with Gasteiger partial charge in [-0.05, 0) is 31.2 Å². The van der Waals surface area contributed by atoms with Crippen molar-refractivity contribution < 1.29 is 22.7 Å². The molecule has 1 aliphatic rings. The minimum atomic E-state index is -3.72. The van der Waals surface area contributed by atoms with E-state index in [1.165, 1.54) is 19.2 Å². The number of carbonyl (C=O) groups excluding carboxylic acids is 1. The average Bonchev–Trinajstić information content (AvgIpc) is 2.66. The molecule has 2 aromatic carbocycles. The van der Waals surface area contributed by atoms with Crippen LogP contribution >= 0.6 is 0 Å². The number of ether oxygens (including phenoxy) is 2. The number of fused-ring (bicyclic) bond motifs is 1. The van der Waals surface area contributed by atoms with Crippen molar-refractivity contribution in [2.24, 2.45) is 0 Å². The van der Waals surface area contributed by atoms with Crippen molar-refractivity contribution in [2.45, 2.75) is 17.9 Å². The van der Waals surface area contributed by atoms with Crippen LogP contribution in [0.25, 0.3) is 0 Å². The molecule has 0 bridgehead atoms. The van der Waals surface area contributed by atoms with E-state index < -0.39 is 15.9 Å². The summed E-state index contributed by atoms with van der Waals surface area (Å²) < 4.78 is 37.4. The van der Waals surface area contributed by atoms with Crippen LogP contribution in [0.15, 0.2) is 53.4 Å². The second-order valence-electron chi connectivity index (χ2n) is 6.38. The molecular weight excluding hydrogens is 368 g/mol. The molecule has 144 valence electrons. The Morgan fingerprint density at radius 2 is 1.81 bits per heavy atom. The Labute approximate surface area is 158 Å². The number of likely N-dealkylation sites (N-methyl/N-ethyl adjacent to an activating group) is 1. The van der Waals surface area contributed by atoms with Crippen molar-refractivity contribution in [3.63, 3.8) is 0 Å². The minimum Gasteiger partial charge on any atom is -0.486 e. The zero-order chi connectivity index (χ0) is 19.4. The molecule has 1 amide bonds. The van der Waals surface area contributed by atoms with Crippen molar-refractivity contribution >= 4 is 15.9 Å². The van der Waals surface area contributed by atoms with E-state index in [0.717, 1.165) is 9.87 Å². The fraction of sp³-hybridized carbons (Fsp3) is 0.316. The van der Waals surface area contributed by atoms with Crippen LogP contribution < -0.4 is 14.8 Å². The highest BCUT2D eigenvalue weighted by Crippen LogP contribution is 2.30. The molecule has 0 saturated heterocycles. The number of nitrogens with zero attached hydrogens (tertiary/aromatic N) is 1. The third-order valence-corrected chi connectivity index (χ3v) is 6.01. The molecule has 0 unspecified atom stereocenters. The molecule has 2 aromatic rings. The Hall–Kier alpha value is -2.58. The third-order valence-electron chi connectivity index (χ3n) is 4.19. The molecule has 7 nitrogen and oxygen atoms in total. The van der Waals surface area contributed by atoms with Gasteiger partial charge in [-0.25, -0.2) is 8.42 Å². The quantitative estimate of drug-likeness (QED) is 0.809. The lowest BCUT2D eigenvalue weighted by molar-refractivity contribution is -0.121. The lowest BCUT2D eigenvalue weighted by Gasteiger charge is -2.26. The Balaban J connectivity index is 1.52. The van der Waals surface area contributed by atoms with E-state index in [9.17, 15) is 13.2 Å². The Morgan fingerprint density at radius 1 is 1.15 bits per heavy atom. The summed E-state index contributed by atoms with van der Waals surface area (Å²) in [6.07, 6.45) is -0.331. The van der Waals surface area contributed by atoms with Gasteiger partial charge in [0.15, 0.2) is 11.5 Å². The van der Waals surface area contributed by atoms with Gasteiger partial charge in [0, 0.05) is 7.05 Å². The summed E-state index contributed by atoms with van der Waals surface area (Å²) in [6, 6.07) is 13.8. The van der Waals surface area contributed by atoms with Gasteiger partial charge in [-0.15, -0.1) is 0 Å². The molecular formula is C19H22N2O5S. The second-order valence-corrected chi connectivity index (χ2v) is 8.42. The number of aryl methyl sites for hydroxylation is 1. The number of benzene rings is 2. The van der Waals surface area contributed by atoms with Crippen LogP contribution in [0.3, 0.4) is 0 Å². The number of para-hydroxylation sites is 2. The number of hydrogen-bond acceptors (Lipinski definition) is 5. The van der Waals surface area contributed by atoms with Gasteiger partial charge in [0.2, 0.25) is 15.9 Å². The number of carbonyl (C=O) groups is 1. The number of sulfonamides is 1. The summed E-state index contributed by atoms with van der Waals surface area (Å²) in [5, 5.41) is 2.70. The zero-order valence-corrected chi connectivity index (χ0v) is 16.0. The molecule has 0 aromatic heterocycles. The molecule has 0 fully saturated rings. The summed E-state index contributed by atoms with van der Waals surface area (Å²) in [4.78, 5) is 12.3. The molecule has 0 spiro atoms. The second kappa shape index (κ2) is 7.98. The smallest absolute Gasteiger partial charge is 0.243 e. The van der Waals surface area contributed by atoms with Crippen molar-refractivity contribution in [1.82, 2.24) is 9.62 Å². The first-order valence-corrected chi connectivity index (χ1v) is 9.98. The van der Waals surface area contributed by atoms with Gasteiger partial charge in [0.05, 0.1) is 18.0 Å². The molecule has 0 radical (unpaired) electrons. The van der Waals surface area contributed by atoms with Gasteiger partial charge in [0.25, 0.3) is 0 Å². The number of rotatable bonds is 6. The first-order chi connectivity index (χ1) is 12.9. The maximum atomic E-state index is 12.5. The van der Waals surface area contributed by atoms with E-state index in [0.29, 0.717) is 18.1 Å². The van der Waals surface area contributed by atoms with Crippen molar-refractivity contribution in [2.75, 3.05) is 26.7 Å². The maximum absolute atomic E-state index is 12.5. The van der Waals surface area contributed by atoms with Crippen LogP contribution in [-0.2, 0) is 14.8 Å². The highest BCUT2D eigenvalue weighted by Gasteiger charge is 2.24. The summed E-state index contributed by atoms with van der Waals surface area (Å²) >= 11 is 0. The number of hydrogen-bond donors (Lipinski definition) is 1. The first-order valence-electron chi connectivity index (χ1n) is 8.54. The monoisotopic (exact) mass is 390 g/mol. The molecule has 3 rings (SSSR count). The van der Waals surface area contributed by atoms with Crippen LogP contribution in [0.2, 0.25) is 0 Å². The molecule has 8 heteroatoms. The highest BCUT2D eigenvalue weighted by molar-refractivity contribution is 7.89. The third kappa shape index (κ3) is 4.58. The zero-order valence-electron chi connectivity index (χ0n) is 15.2. The molecule has 0 saturated carbocycles. The van der Waals surface area contributed by atoms with Crippen LogP contribution in [0, 0.1) is 6.92 Å². The SMILES string of the molecule is Cc1ccc(S(=O)(=O)N(C)CC(=O)NC[C@H]2COc3ccccc3O2)cc1. The first kappa shape index (κ1) is 19.2. The summed E-state index contributed by atoms with van der Waals surface area (Å²) in [5.41, 5.74) is 0.964. The van der Waals surface area contributed by atoms with Gasteiger partial charge in [-0.2, -0.15) is 4.31 Å². The number of amides is 1. The molecule has 1 atom stereocenters. The lowest BCUT2D eigenvalue weighted by Crippen LogP contribution is -2.44. The molecule has 1 N–H and O–H groups in total. The molecule has 27 heavy (non-hydrogen) atoms. The predicted molar refractivity (Wildman–Crippen MR) is 100 cm³/mol. The largest absolute Gasteiger partial charge is 0.486 e. The molecule has 1 aliphatic heterocycles. The summed E-state index contributed by atoms with van der Waals surface area (Å²) in [7, 11) is -2.34. The van der Waals surface area contributed by atoms with Crippen LogP contribution in [-0.4, -0.2) is 51.5 Å². The van der Waals surface area contributed by atoms with Crippen molar-refractivity contribution in [3.05, 3.63) is 54.1 Å². The van der Waals surface area contributed by atoms with Gasteiger partial charge in [0.1, 0.15) is 12.7 Å². The van der Waals surface area contributed by atoms with E-state index >= 15 is 0 Å². The fourth-order valence-electron chi connectivity index (χ4n) is 2.62. The average molecular weight is 390 g/mol. The number of nitrogens with one attached hydrogen (secondary N) is 1. The van der Waals surface area contributed by atoms with E-state index in [-0.39, 0.29) is 24.1 Å². The normalized spacial score (nSPS) is 16.2. The van der Waals surface area contributed by atoms with Crippen LogP contribution in [0.5, 0.6) is 11.5 Å². The standard InChI is InChI=1S/C19H22N2O5S/c1-14-7-9-16(10-8-14)27(23,24)21(2)12-19(22)20-11-15-13-25-17-5-3-4-6-18(17)26-15/h3-10,15H,11-13H2,1-2H3,(H,20,22)/t15-/m0/s1. The van der Waals surface area contributed by atoms with Gasteiger partial charge >= 0.3 is 0 Å². The van der Waals surface area contributed by atoms with Gasteiger partial charge < -0.3 is 14.8 Å². The lowest BCUT2D eigenvalue weighted by atomic mass is 10.2. The van der Waals surface area contributed by atoms with Crippen molar-refractivity contribution in [3.8, 4) is 11.5 Å². The van der Waals surface area contributed by atoms with E-state index in [1.54, 1.807) is 18.2 Å². The van der Waals surface area contributed by atoms with E-state index in [2.05, 4.69) is 5.32 Å².